The maximum atomic E-state index is 10.5. The predicted octanol–water partition coefficient (Wildman–Crippen LogP) is 3.43. The molecule has 0 amide bonds. The Balaban J connectivity index is 1.76. The summed E-state index contributed by atoms with van der Waals surface area (Å²) in [5, 5.41) is 13.7. The molecule has 0 aliphatic heterocycles. The van der Waals surface area contributed by atoms with E-state index in [1.165, 1.54) is 17.7 Å². The first kappa shape index (κ1) is 14.7. The largest absolute Gasteiger partial charge is 0.383 e. The Morgan fingerprint density at radius 2 is 1.81 bits per heavy atom. The van der Waals surface area contributed by atoms with Crippen LogP contribution in [-0.4, -0.2) is 24.2 Å². The topological polar surface area (TPSA) is 67.5 Å². The maximum absolute atomic E-state index is 10.5. The van der Waals surface area contributed by atoms with Gasteiger partial charge in [-0.15, -0.1) is 0 Å². The van der Waals surface area contributed by atoms with Crippen LogP contribution in [0.15, 0.2) is 53.5 Å². The third-order valence-electron chi connectivity index (χ3n) is 2.97. The van der Waals surface area contributed by atoms with Crippen LogP contribution < -0.4 is 5.32 Å². The van der Waals surface area contributed by atoms with Crippen molar-refractivity contribution in [1.29, 1.82) is 0 Å². The van der Waals surface area contributed by atoms with Crippen molar-refractivity contribution < 1.29 is 4.92 Å². The smallest absolute Gasteiger partial charge is 0.269 e. The molecule has 0 unspecified atom stereocenters. The fraction of sp³-hybridized carbons (Fsp3) is 0.188. The molecular formula is C16H17N3O2. The molecule has 0 saturated heterocycles. The summed E-state index contributed by atoms with van der Waals surface area (Å²) in [7, 11) is 0. The van der Waals surface area contributed by atoms with E-state index in [1.807, 2.05) is 18.3 Å². The number of nitro benzene ring substituents is 1. The van der Waals surface area contributed by atoms with Crippen molar-refractivity contribution in [3.63, 3.8) is 0 Å². The van der Waals surface area contributed by atoms with Gasteiger partial charge in [0.2, 0.25) is 0 Å². The van der Waals surface area contributed by atoms with Crippen LogP contribution in [0.5, 0.6) is 0 Å². The van der Waals surface area contributed by atoms with Crippen LogP contribution in [0.2, 0.25) is 0 Å². The van der Waals surface area contributed by atoms with Crippen LogP contribution in [0.3, 0.4) is 0 Å². The molecule has 0 atom stereocenters. The van der Waals surface area contributed by atoms with Crippen molar-refractivity contribution in [3.8, 4) is 0 Å². The molecule has 5 heteroatoms. The monoisotopic (exact) mass is 283 g/mol. The Morgan fingerprint density at radius 1 is 1.14 bits per heavy atom. The number of nitrogens with zero attached hydrogens (tertiary/aromatic N) is 2. The average molecular weight is 283 g/mol. The van der Waals surface area contributed by atoms with Crippen molar-refractivity contribution in [2.24, 2.45) is 4.99 Å². The number of benzene rings is 2. The highest BCUT2D eigenvalue weighted by Gasteiger charge is 2.02. The Bertz CT molecular complexity index is 619. The molecule has 0 aromatic heterocycles. The van der Waals surface area contributed by atoms with Crippen molar-refractivity contribution in [1.82, 2.24) is 0 Å². The molecule has 108 valence electrons. The average Bonchev–Trinajstić information content (AvgIpc) is 2.49. The summed E-state index contributed by atoms with van der Waals surface area (Å²) >= 11 is 0. The van der Waals surface area contributed by atoms with Gasteiger partial charge in [-0.1, -0.05) is 29.8 Å². The third kappa shape index (κ3) is 4.72. The molecular weight excluding hydrogens is 266 g/mol. The number of nitro groups is 1. The van der Waals surface area contributed by atoms with Gasteiger partial charge in [0.25, 0.3) is 5.69 Å². The standard InChI is InChI=1S/C16H17N3O2/c1-13-2-4-14(5-3-13)12-17-10-11-18-15-6-8-16(9-7-15)19(20)21/h2-9,12,18H,10-11H2,1H3. The Kier molecular flexibility index (Phi) is 5.04. The van der Waals surface area contributed by atoms with Crippen LogP contribution in [0.1, 0.15) is 11.1 Å². The van der Waals surface area contributed by atoms with Crippen LogP contribution in [0.4, 0.5) is 11.4 Å². The number of non-ortho nitro benzene ring substituents is 1. The minimum absolute atomic E-state index is 0.0953. The molecule has 0 aliphatic rings. The Labute approximate surface area is 123 Å². The van der Waals surface area contributed by atoms with E-state index in [0.717, 1.165) is 11.3 Å². The predicted molar refractivity (Wildman–Crippen MR) is 85.2 cm³/mol. The molecule has 0 fully saturated rings. The number of aliphatic imine (C=N–C) groups is 1. The summed E-state index contributed by atoms with van der Waals surface area (Å²) in [5.41, 5.74) is 3.26. The highest BCUT2D eigenvalue weighted by atomic mass is 16.6. The van der Waals surface area contributed by atoms with Gasteiger partial charge in [-0.2, -0.15) is 0 Å². The lowest BCUT2D eigenvalue weighted by Crippen LogP contribution is -2.04. The minimum Gasteiger partial charge on any atom is -0.383 e. The van der Waals surface area contributed by atoms with Gasteiger partial charge in [-0.05, 0) is 24.6 Å². The number of rotatable bonds is 6. The molecule has 0 aliphatic carbocycles. The summed E-state index contributed by atoms with van der Waals surface area (Å²) in [4.78, 5) is 14.5. The SMILES string of the molecule is Cc1ccc(C=NCCNc2ccc([N+](=O)[O-])cc2)cc1. The fourth-order valence-electron chi connectivity index (χ4n) is 1.79. The Hall–Kier alpha value is -2.69. The van der Waals surface area contributed by atoms with Gasteiger partial charge in [0.15, 0.2) is 0 Å². The van der Waals surface area contributed by atoms with Gasteiger partial charge in [0, 0.05) is 30.6 Å². The lowest BCUT2D eigenvalue weighted by Gasteiger charge is -2.03. The van der Waals surface area contributed by atoms with Gasteiger partial charge in [0.1, 0.15) is 0 Å². The van der Waals surface area contributed by atoms with Crippen LogP contribution >= 0.6 is 0 Å². The number of hydrogen-bond donors (Lipinski definition) is 1. The molecule has 5 nitrogen and oxygen atoms in total. The summed E-state index contributed by atoms with van der Waals surface area (Å²) in [6.07, 6.45) is 1.84. The van der Waals surface area contributed by atoms with Crippen LogP contribution in [-0.2, 0) is 0 Å². The van der Waals surface area contributed by atoms with Gasteiger partial charge in [0.05, 0.1) is 11.5 Å². The molecule has 21 heavy (non-hydrogen) atoms. The van der Waals surface area contributed by atoms with Gasteiger partial charge >= 0.3 is 0 Å². The fourth-order valence-corrected chi connectivity index (χ4v) is 1.79. The molecule has 2 aromatic carbocycles. The minimum atomic E-state index is -0.407. The highest BCUT2D eigenvalue weighted by molar-refractivity contribution is 5.79. The van der Waals surface area contributed by atoms with Crippen LogP contribution in [0.25, 0.3) is 0 Å². The van der Waals surface area contributed by atoms with E-state index in [1.54, 1.807) is 12.1 Å². The van der Waals surface area contributed by atoms with E-state index in [9.17, 15) is 10.1 Å². The number of nitrogens with one attached hydrogen (secondary N) is 1. The molecule has 2 aromatic rings. The molecule has 0 radical (unpaired) electrons. The first-order valence-corrected chi connectivity index (χ1v) is 6.70. The van der Waals surface area contributed by atoms with Crippen molar-refractivity contribution in [2.75, 3.05) is 18.4 Å². The first-order chi connectivity index (χ1) is 10.1. The van der Waals surface area contributed by atoms with E-state index in [2.05, 4.69) is 29.4 Å². The van der Waals surface area contributed by atoms with Crippen molar-refractivity contribution in [2.45, 2.75) is 6.92 Å². The van der Waals surface area contributed by atoms with Gasteiger partial charge < -0.3 is 5.32 Å². The quantitative estimate of drug-likeness (QED) is 0.382. The van der Waals surface area contributed by atoms with E-state index >= 15 is 0 Å². The zero-order valence-electron chi connectivity index (χ0n) is 11.8. The second-order valence-electron chi connectivity index (χ2n) is 4.68. The summed E-state index contributed by atoms with van der Waals surface area (Å²) in [5.74, 6) is 0. The highest BCUT2D eigenvalue weighted by Crippen LogP contribution is 2.14. The zero-order chi connectivity index (χ0) is 15.1. The molecule has 1 N–H and O–H groups in total. The number of aryl methyl sites for hydroxylation is 1. The molecule has 2 rings (SSSR count). The molecule has 0 spiro atoms. The zero-order valence-corrected chi connectivity index (χ0v) is 11.8. The number of hydrogen-bond acceptors (Lipinski definition) is 4. The molecule has 0 heterocycles. The van der Waals surface area contributed by atoms with E-state index < -0.39 is 4.92 Å². The first-order valence-electron chi connectivity index (χ1n) is 6.70. The van der Waals surface area contributed by atoms with Crippen molar-refractivity contribution in [3.05, 3.63) is 69.8 Å². The van der Waals surface area contributed by atoms with E-state index in [-0.39, 0.29) is 5.69 Å². The summed E-state index contributed by atoms with van der Waals surface area (Å²) in [6, 6.07) is 14.5. The maximum Gasteiger partial charge on any atom is 0.269 e. The second kappa shape index (κ2) is 7.19. The molecule has 0 saturated carbocycles. The summed E-state index contributed by atoms with van der Waals surface area (Å²) in [6.45, 7) is 3.38. The second-order valence-corrected chi connectivity index (χ2v) is 4.68. The third-order valence-corrected chi connectivity index (χ3v) is 2.97. The van der Waals surface area contributed by atoms with Crippen molar-refractivity contribution >= 4 is 17.6 Å². The van der Waals surface area contributed by atoms with Gasteiger partial charge in [-0.3, -0.25) is 15.1 Å². The van der Waals surface area contributed by atoms with E-state index in [4.69, 9.17) is 0 Å². The van der Waals surface area contributed by atoms with Crippen LogP contribution in [0, 0.1) is 17.0 Å². The lowest BCUT2D eigenvalue weighted by molar-refractivity contribution is -0.384. The van der Waals surface area contributed by atoms with Gasteiger partial charge in [-0.25, -0.2) is 0 Å². The summed E-state index contributed by atoms with van der Waals surface area (Å²) < 4.78 is 0. The lowest BCUT2D eigenvalue weighted by atomic mass is 10.2. The number of anilines is 1. The van der Waals surface area contributed by atoms with E-state index in [0.29, 0.717) is 13.1 Å². The normalized spacial score (nSPS) is 10.7. The Morgan fingerprint density at radius 3 is 2.43 bits per heavy atom. The molecule has 0 bridgehead atoms.